The second-order valence-electron chi connectivity index (χ2n) is 4.07. The molecule has 1 amide bonds. The quantitative estimate of drug-likeness (QED) is 0.378. The van der Waals surface area contributed by atoms with E-state index >= 15 is 0 Å². The standard InChI is InChI=1S/C12H21NO/c1-2-3-4-8-12(13-10-14)9-11-6-5-7-11/h9-10,12H,2-8H2,1H3,(H,13,14). The monoisotopic (exact) mass is 195 g/mol. The highest BCUT2D eigenvalue weighted by Gasteiger charge is 2.11. The molecule has 0 aromatic rings. The normalized spacial score (nSPS) is 17.1. The fourth-order valence-corrected chi connectivity index (χ4v) is 1.75. The molecule has 0 aromatic heterocycles. The first-order valence-electron chi connectivity index (χ1n) is 5.76. The molecular weight excluding hydrogens is 174 g/mol. The zero-order chi connectivity index (χ0) is 10.2. The van der Waals surface area contributed by atoms with Crippen molar-refractivity contribution < 1.29 is 4.79 Å². The van der Waals surface area contributed by atoms with E-state index in [1.54, 1.807) is 0 Å². The number of carbonyl (C=O) groups is 1. The van der Waals surface area contributed by atoms with Crippen molar-refractivity contribution in [1.29, 1.82) is 0 Å². The molecule has 1 fully saturated rings. The average Bonchev–Trinajstić information content (AvgIpc) is 2.11. The Bertz CT molecular complexity index is 192. The van der Waals surface area contributed by atoms with Crippen molar-refractivity contribution in [2.45, 2.75) is 57.9 Å². The summed E-state index contributed by atoms with van der Waals surface area (Å²) in [6.45, 7) is 2.20. The number of carbonyl (C=O) groups excluding carboxylic acids is 1. The van der Waals surface area contributed by atoms with E-state index in [4.69, 9.17) is 0 Å². The number of allylic oxidation sites excluding steroid dienone is 1. The van der Waals surface area contributed by atoms with Crippen LogP contribution in [0.2, 0.25) is 0 Å². The Morgan fingerprint density at radius 1 is 1.43 bits per heavy atom. The maximum Gasteiger partial charge on any atom is 0.207 e. The van der Waals surface area contributed by atoms with Crippen LogP contribution in [0.5, 0.6) is 0 Å². The van der Waals surface area contributed by atoms with Gasteiger partial charge in [0.05, 0.1) is 0 Å². The van der Waals surface area contributed by atoms with Crippen molar-refractivity contribution in [3.63, 3.8) is 0 Å². The molecule has 1 atom stereocenters. The molecule has 2 heteroatoms. The summed E-state index contributed by atoms with van der Waals surface area (Å²) in [7, 11) is 0. The lowest BCUT2D eigenvalue weighted by Crippen LogP contribution is -2.26. The Kier molecular flexibility index (Phi) is 5.35. The predicted octanol–water partition coefficient (Wildman–Crippen LogP) is 2.79. The van der Waals surface area contributed by atoms with Gasteiger partial charge in [0.25, 0.3) is 0 Å². The van der Waals surface area contributed by atoms with Crippen LogP contribution in [0, 0.1) is 0 Å². The van der Waals surface area contributed by atoms with Gasteiger partial charge in [0.2, 0.25) is 6.41 Å². The van der Waals surface area contributed by atoms with E-state index in [1.165, 1.54) is 44.1 Å². The fraction of sp³-hybridized carbons (Fsp3) is 0.750. The summed E-state index contributed by atoms with van der Waals surface area (Å²) >= 11 is 0. The first-order valence-corrected chi connectivity index (χ1v) is 5.76. The third-order valence-electron chi connectivity index (χ3n) is 2.83. The van der Waals surface area contributed by atoms with E-state index in [2.05, 4.69) is 18.3 Å². The highest BCUT2D eigenvalue weighted by atomic mass is 16.1. The van der Waals surface area contributed by atoms with Gasteiger partial charge in [-0.05, 0) is 25.7 Å². The van der Waals surface area contributed by atoms with Crippen LogP contribution < -0.4 is 5.32 Å². The Balaban J connectivity index is 2.26. The Hall–Kier alpha value is -0.790. The fourth-order valence-electron chi connectivity index (χ4n) is 1.75. The minimum Gasteiger partial charge on any atom is -0.352 e. The van der Waals surface area contributed by atoms with Crippen molar-refractivity contribution in [2.75, 3.05) is 0 Å². The average molecular weight is 195 g/mol. The van der Waals surface area contributed by atoms with Gasteiger partial charge >= 0.3 is 0 Å². The molecule has 14 heavy (non-hydrogen) atoms. The Morgan fingerprint density at radius 2 is 2.21 bits per heavy atom. The van der Waals surface area contributed by atoms with Gasteiger partial charge in [-0.1, -0.05) is 37.8 Å². The highest BCUT2D eigenvalue weighted by molar-refractivity contribution is 5.47. The molecule has 1 aliphatic carbocycles. The molecule has 1 N–H and O–H groups in total. The molecule has 1 saturated carbocycles. The Morgan fingerprint density at radius 3 is 2.71 bits per heavy atom. The lowest BCUT2D eigenvalue weighted by Gasteiger charge is -2.20. The van der Waals surface area contributed by atoms with Crippen LogP contribution >= 0.6 is 0 Å². The summed E-state index contributed by atoms with van der Waals surface area (Å²) in [5, 5.41) is 2.88. The SMILES string of the molecule is CCCCCC(C=C1CCC1)NC=O. The molecule has 2 nitrogen and oxygen atoms in total. The third kappa shape index (κ3) is 3.95. The van der Waals surface area contributed by atoms with Crippen molar-refractivity contribution in [3.05, 3.63) is 11.6 Å². The minimum absolute atomic E-state index is 0.286. The van der Waals surface area contributed by atoms with Gasteiger partial charge in [-0.3, -0.25) is 4.79 Å². The number of nitrogens with one attached hydrogen (secondary N) is 1. The second kappa shape index (κ2) is 6.63. The Labute approximate surface area is 86.8 Å². The van der Waals surface area contributed by atoms with Gasteiger partial charge < -0.3 is 5.32 Å². The van der Waals surface area contributed by atoms with Crippen LogP contribution in [-0.4, -0.2) is 12.5 Å². The van der Waals surface area contributed by atoms with Gasteiger partial charge in [0, 0.05) is 6.04 Å². The molecule has 0 heterocycles. The molecule has 80 valence electrons. The largest absolute Gasteiger partial charge is 0.352 e. The molecule has 0 saturated heterocycles. The topological polar surface area (TPSA) is 29.1 Å². The summed E-state index contributed by atoms with van der Waals surface area (Å²) in [6, 6.07) is 0.286. The molecule has 0 spiro atoms. The zero-order valence-electron chi connectivity index (χ0n) is 9.09. The summed E-state index contributed by atoms with van der Waals surface area (Å²) < 4.78 is 0. The second-order valence-corrected chi connectivity index (χ2v) is 4.07. The third-order valence-corrected chi connectivity index (χ3v) is 2.83. The number of hydrogen-bond donors (Lipinski definition) is 1. The van der Waals surface area contributed by atoms with Crippen LogP contribution in [0.4, 0.5) is 0 Å². The van der Waals surface area contributed by atoms with E-state index in [0.29, 0.717) is 0 Å². The van der Waals surface area contributed by atoms with Gasteiger partial charge in [-0.25, -0.2) is 0 Å². The maximum absolute atomic E-state index is 10.4. The van der Waals surface area contributed by atoms with Gasteiger partial charge in [-0.15, -0.1) is 0 Å². The van der Waals surface area contributed by atoms with E-state index in [-0.39, 0.29) is 6.04 Å². The smallest absolute Gasteiger partial charge is 0.207 e. The number of rotatable bonds is 7. The first-order chi connectivity index (χ1) is 6.86. The maximum atomic E-state index is 10.4. The molecule has 0 bridgehead atoms. The van der Waals surface area contributed by atoms with Crippen LogP contribution in [0.1, 0.15) is 51.9 Å². The first kappa shape index (κ1) is 11.3. The van der Waals surface area contributed by atoms with Crippen LogP contribution in [0.3, 0.4) is 0 Å². The van der Waals surface area contributed by atoms with Crippen molar-refractivity contribution in [1.82, 2.24) is 5.32 Å². The van der Waals surface area contributed by atoms with Crippen LogP contribution in [0.15, 0.2) is 11.6 Å². The van der Waals surface area contributed by atoms with E-state index in [0.717, 1.165) is 12.8 Å². The van der Waals surface area contributed by atoms with Gasteiger partial charge in [0.1, 0.15) is 0 Å². The minimum atomic E-state index is 0.286. The van der Waals surface area contributed by atoms with Crippen molar-refractivity contribution in [3.8, 4) is 0 Å². The molecular formula is C12H21NO. The van der Waals surface area contributed by atoms with Crippen LogP contribution in [0.25, 0.3) is 0 Å². The van der Waals surface area contributed by atoms with Gasteiger partial charge in [0.15, 0.2) is 0 Å². The van der Waals surface area contributed by atoms with E-state index < -0.39 is 0 Å². The molecule has 0 aliphatic heterocycles. The summed E-state index contributed by atoms with van der Waals surface area (Å²) in [5.41, 5.74) is 1.53. The van der Waals surface area contributed by atoms with Crippen molar-refractivity contribution >= 4 is 6.41 Å². The number of unbranched alkanes of at least 4 members (excludes halogenated alkanes) is 2. The lowest BCUT2D eigenvalue weighted by atomic mass is 9.90. The lowest BCUT2D eigenvalue weighted by molar-refractivity contribution is -0.109. The zero-order valence-corrected chi connectivity index (χ0v) is 9.09. The summed E-state index contributed by atoms with van der Waals surface area (Å²) in [5.74, 6) is 0. The molecule has 1 unspecified atom stereocenters. The molecule has 0 aromatic carbocycles. The molecule has 0 radical (unpaired) electrons. The predicted molar refractivity (Wildman–Crippen MR) is 59.1 cm³/mol. The highest BCUT2D eigenvalue weighted by Crippen LogP contribution is 2.26. The van der Waals surface area contributed by atoms with Crippen LogP contribution in [-0.2, 0) is 4.79 Å². The summed E-state index contributed by atoms with van der Waals surface area (Å²) in [6.07, 6.45) is 11.7. The number of amides is 1. The van der Waals surface area contributed by atoms with Crippen molar-refractivity contribution in [2.24, 2.45) is 0 Å². The molecule has 1 rings (SSSR count). The van der Waals surface area contributed by atoms with E-state index in [9.17, 15) is 4.79 Å². The molecule has 1 aliphatic rings. The van der Waals surface area contributed by atoms with E-state index in [1.807, 2.05) is 0 Å². The number of hydrogen-bond acceptors (Lipinski definition) is 1. The van der Waals surface area contributed by atoms with Gasteiger partial charge in [-0.2, -0.15) is 0 Å². The summed E-state index contributed by atoms with van der Waals surface area (Å²) in [4.78, 5) is 10.4.